The molecule has 3 N–H and O–H groups in total. The minimum absolute atomic E-state index is 0.0731. The van der Waals surface area contributed by atoms with Gasteiger partial charge < -0.3 is 24.5 Å². The molecule has 1 fully saturated rings. The summed E-state index contributed by atoms with van der Waals surface area (Å²) in [7, 11) is -1.93. The van der Waals surface area contributed by atoms with E-state index in [4.69, 9.17) is 9.16 Å². The van der Waals surface area contributed by atoms with Gasteiger partial charge in [-0.15, -0.1) is 11.8 Å². The average molecular weight is 325 g/mol. The minimum Gasteiger partial charge on any atom is -0.414 e. The third kappa shape index (κ3) is 3.97. The molecule has 5 nitrogen and oxygen atoms in total. The van der Waals surface area contributed by atoms with Crippen molar-refractivity contribution < 1.29 is 24.5 Å². The van der Waals surface area contributed by atoms with Gasteiger partial charge in [0, 0.05) is 0 Å². The smallest absolute Gasteiger partial charge is 0.192 e. The summed E-state index contributed by atoms with van der Waals surface area (Å²) >= 11 is 1.31. The zero-order valence-corrected chi connectivity index (χ0v) is 15.0. The highest BCUT2D eigenvalue weighted by atomic mass is 32.2. The van der Waals surface area contributed by atoms with Crippen LogP contribution in [-0.4, -0.2) is 66.4 Å². The van der Waals surface area contributed by atoms with Crippen molar-refractivity contribution >= 4 is 20.1 Å². The molecule has 0 saturated carbocycles. The van der Waals surface area contributed by atoms with Crippen molar-refractivity contribution in [3.63, 3.8) is 0 Å². The lowest BCUT2D eigenvalue weighted by molar-refractivity contribution is -0.204. The van der Waals surface area contributed by atoms with Gasteiger partial charge in [0.15, 0.2) is 8.32 Å². The molecule has 0 bridgehead atoms. The van der Waals surface area contributed by atoms with Crippen molar-refractivity contribution in [3.8, 4) is 0 Å². The van der Waals surface area contributed by atoms with Gasteiger partial charge in [-0.05, 0) is 24.4 Å². The van der Waals surface area contributed by atoms with Gasteiger partial charge in [0.1, 0.15) is 29.9 Å². The largest absolute Gasteiger partial charge is 0.414 e. The maximum Gasteiger partial charge on any atom is 0.192 e. The Morgan fingerprint density at radius 1 is 1.10 bits per heavy atom. The Kier molecular flexibility index (Phi) is 6.11. The first kappa shape index (κ1) is 18.4. The van der Waals surface area contributed by atoms with Crippen LogP contribution in [0, 0.1) is 0 Å². The summed E-state index contributed by atoms with van der Waals surface area (Å²) in [6.45, 7) is 10.9. The molecule has 5 atom stereocenters. The highest BCUT2D eigenvalue weighted by molar-refractivity contribution is 7.99. The zero-order chi connectivity index (χ0) is 15.7. The summed E-state index contributed by atoms with van der Waals surface area (Å²) < 4.78 is 11.7. The molecule has 20 heavy (non-hydrogen) atoms. The van der Waals surface area contributed by atoms with Gasteiger partial charge in [-0.1, -0.05) is 20.8 Å². The van der Waals surface area contributed by atoms with Crippen LogP contribution in [-0.2, 0) is 9.16 Å². The summed E-state index contributed by atoms with van der Waals surface area (Å²) in [6.07, 6.45) is -2.22. The number of aliphatic hydroxyl groups excluding tert-OH is 3. The van der Waals surface area contributed by atoms with Gasteiger partial charge in [0.25, 0.3) is 0 Å². The normalized spacial score (nSPS) is 36.1. The first-order chi connectivity index (χ1) is 9.01. The maximum absolute atomic E-state index is 10.0. The predicted molar refractivity (Wildman–Crippen MR) is 83.3 cm³/mol. The number of thioether (sulfide) groups is 1. The minimum atomic E-state index is -1.93. The molecule has 1 aliphatic heterocycles. The van der Waals surface area contributed by atoms with Crippen molar-refractivity contribution in [3.05, 3.63) is 0 Å². The summed E-state index contributed by atoms with van der Waals surface area (Å²) in [5, 5.41) is 29.7. The molecule has 1 rings (SSSR count). The van der Waals surface area contributed by atoms with Crippen LogP contribution in [0.2, 0.25) is 18.1 Å². The second-order valence-corrected chi connectivity index (χ2v) is 12.6. The van der Waals surface area contributed by atoms with Gasteiger partial charge in [-0.2, -0.15) is 0 Å². The Bertz CT molecular complexity index is 318. The standard InChI is InChI=1S/C13H28O5SSi/c1-13(2,3)20(5,6)17-7-8-9(14)10(15)11(16)12(18-8)19-4/h8-12,14-16H,7H2,1-6H3/t8?,9?,10-,11+,12?/m0/s1. The van der Waals surface area contributed by atoms with Crippen molar-refractivity contribution in [1.29, 1.82) is 0 Å². The van der Waals surface area contributed by atoms with E-state index >= 15 is 0 Å². The molecule has 1 heterocycles. The molecule has 0 aliphatic carbocycles. The van der Waals surface area contributed by atoms with Crippen LogP contribution in [0.5, 0.6) is 0 Å². The highest BCUT2D eigenvalue weighted by Crippen LogP contribution is 2.37. The molecular formula is C13H28O5SSi. The molecule has 1 aliphatic rings. The number of aliphatic hydroxyl groups is 3. The van der Waals surface area contributed by atoms with Crippen LogP contribution >= 0.6 is 11.8 Å². The second kappa shape index (κ2) is 6.64. The Hall–Kier alpha value is 0.367. The lowest BCUT2D eigenvalue weighted by Crippen LogP contribution is -2.58. The Labute approximate surface area is 126 Å². The van der Waals surface area contributed by atoms with Crippen LogP contribution in [0.4, 0.5) is 0 Å². The third-order valence-corrected chi connectivity index (χ3v) is 9.67. The molecule has 0 radical (unpaired) electrons. The van der Waals surface area contributed by atoms with Gasteiger partial charge >= 0.3 is 0 Å². The van der Waals surface area contributed by atoms with Gasteiger partial charge in [-0.25, -0.2) is 0 Å². The quantitative estimate of drug-likeness (QED) is 0.674. The molecule has 0 aromatic rings. The zero-order valence-electron chi connectivity index (χ0n) is 13.2. The Balaban J connectivity index is 2.68. The molecule has 7 heteroatoms. The molecule has 0 aromatic heterocycles. The first-order valence-corrected chi connectivity index (χ1v) is 11.1. The van der Waals surface area contributed by atoms with E-state index in [0.717, 1.165) is 0 Å². The lowest BCUT2D eigenvalue weighted by Gasteiger charge is -2.42. The van der Waals surface area contributed by atoms with Gasteiger partial charge in [0.2, 0.25) is 0 Å². The summed E-state index contributed by atoms with van der Waals surface area (Å²) in [5.74, 6) is 0. The van der Waals surface area contributed by atoms with Crippen LogP contribution in [0.25, 0.3) is 0 Å². The van der Waals surface area contributed by atoms with E-state index in [1.807, 2.05) is 0 Å². The van der Waals surface area contributed by atoms with E-state index in [9.17, 15) is 15.3 Å². The fraction of sp³-hybridized carbons (Fsp3) is 1.00. The van der Waals surface area contributed by atoms with E-state index in [-0.39, 0.29) is 11.6 Å². The lowest BCUT2D eigenvalue weighted by atomic mass is 10.0. The van der Waals surface area contributed by atoms with Crippen molar-refractivity contribution in [2.45, 2.75) is 68.8 Å². The fourth-order valence-electron chi connectivity index (χ4n) is 1.76. The summed E-state index contributed by atoms with van der Waals surface area (Å²) in [5.41, 5.74) is -0.540. The van der Waals surface area contributed by atoms with Crippen LogP contribution < -0.4 is 0 Å². The number of ether oxygens (including phenoxy) is 1. The van der Waals surface area contributed by atoms with Crippen LogP contribution in [0.3, 0.4) is 0 Å². The molecule has 120 valence electrons. The van der Waals surface area contributed by atoms with Gasteiger partial charge in [0.05, 0.1) is 6.61 Å². The van der Waals surface area contributed by atoms with E-state index in [0.29, 0.717) is 0 Å². The predicted octanol–water partition coefficient (Wildman–Crippen LogP) is 1.18. The molecular weight excluding hydrogens is 296 g/mol. The van der Waals surface area contributed by atoms with Crippen molar-refractivity contribution in [2.75, 3.05) is 12.9 Å². The molecule has 0 spiro atoms. The summed E-state index contributed by atoms with van der Waals surface area (Å²) in [6, 6.07) is 0. The topological polar surface area (TPSA) is 79.2 Å². The molecule has 1 saturated heterocycles. The highest BCUT2D eigenvalue weighted by Gasteiger charge is 2.45. The number of hydrogen-bond acceptors (Lipinski definition) is 6. The van der Waals surface area contributed by atoms with Crippen LogP contribution in [0.15, 0.2) is 0 Å². The van der Waals surface area contributed by atoms with E-state index in [1.165, 1.54) is 11.8 Å². The molecule has 0 amide bonds. The van der Waals surface area contributed by atoms with E-state index in [1.54, 1.807) is 6.26 Å². The Morgan fingerprint density at radius 3 is 2.10 bits per heavy atom. The van der Waals surface area contributed by atoms with E-state index in [2.05, 4.69) is 33.9 Å². The fourth-order valence-corrected chi connectivity index (χ4v) is 3.46. The van der Waals surface area contributed by atoms with Crippen molar-refractivity contribution in [2.24, 2.45) is 0 Å². The van der Waals surface area contributed by atoms with Crippen molar-refractivity contribution in [1.82, 2.24) is 0 Å². The SMILES string of the molecule is CSC1OC(CO[Si](C)(C)C(C)(C)C)C(O)[C@H](O)[C@H]1O. The van der Waals surface area contributed by atoms with E-state index < -0.39 is 38.2 Å². The number of hydrogen-bond donors (Lipinski definition) is 3. The first-order valence-electron chi connectivity index (χ1n) is 6.87. The molecule has 3 unspecified atom stereocenters. The third-order valence-electron chi connectivity index (χ3n) is 4.32. The van der Waals surface area contributed by atoms with Gasteiger partial charge in [-0.3, -0.25) is 0 Å². The molecule has 0 aromatic carbocycles. The van der Waals surface area contributed by atoms with Crippen LogP contribution in [0.1, 0.15) is 20.8 Å². The Morgan fingerprint density at radius 2 is 1.65 bits per heavy atom. The monoisotopic (exact) mass is 324 g/mol. The maximum atomic E-state index is 10.0. The second-order valence-electron chi connectivity index (χ2n) is 6.82. The summed E-state index contributed by atoms with van der Waals surface area (Å²) in [4.78, 5) is 0. The average Bonchev–Trinajstić information content (AvgIpc) is 2.34. The number of rotatable bonds is 4.